The number of thiophene rings is 1. The number of esters is 2. The average molecular weight is 468 g/mol. The Morgan fingerprint density at radius 1 is 1.13 bits per heavy atom. The van der Waals surface area contributed by atoms with E-state index in [1.165, 1.54) is 35.6 Å². The number of carbonyl (C=O) groups is 3. The molecular weight excluding hydrogens is 442 g/mol. The number of hydrogen-bond acceptors (Lipinski definition) is 8. The van der Waals surface area contributed by atoms with Gasteiger partial charge in [0.25, 0.3) is 5.91 Å². The van der Waals surface area contributed by atoms with Crippen LogP contribution in [0.5, 0.6) is 0 Å². The molecule has 8 nitrogen and oxygen atoms in total. The first-order valence-corrected chi connectivity index (χ1v) is 12.3. The van der Waals surface area contributed by atoms with E-state index in [0.717, 1.165) is 11.8 Å². The molecule has 0 aliphatic carbocycles. The molecule has 0 spiro atoms. The Balaban J connectivity index is 2.08. The van der Waals surface area contributed by atoms with Crippen LogP contribution in [0.3, 0.4) is 0 Å². The van der Waals surface area contributed by atoms with E-state index in [1.807, 2.05) is 13.8 Å². The molecular formula is C21H25NO7S2. The summed E-state index contributed by atoms with van der Waals surface area (Å²) in [6, 6.07) is 5.36. The van der Waals surface area contributed by atoms with E-state index in [-0.39, 0.29) is 17.1 Å². The zero-order chi connectivity index (χ0) is 23.2. The first-order chi connectivity index (χ1) is 14.5. The van der Waals surface area contributed by atoms with Gasteiger partial charge in [0.2, 0.25) is 0 Å². The normalized spacial score (nSPS) is 11.3. The van der Waals surface area contributed by atoms with Crippen molar-refractivity contribution in [3.05, 3.63) is 46.3 Å². The molecule has 0 radical (unpaired) electrons. The van der Waals surface area contributed by atoms with Crippen LogP contribution < -0.4 is 5.32 Å². The Hall–Kier alpha value is -2.72. The fraction of sp³-hybridized carbons (Fsp3) is 0.381. The number of sulfone groups is 1. The SMILES string of the molecule is CCOC(=O)c1c(CC(C)C)csc1NC(=O)COC(=O)c1cccc(S(C)(=O)=O)c1. The lowest BCUT2D eigenvalue weighted by Crippen LogP contribution is -2.22. The first-order valence-electron chi connectivity index (χ1n) is 9.57. The van der Waals surface area contributed by atoms with Gasteiger partial charge in [-0.15, -0.1) is 11.3 Å². The van der Waals surface area contributed by atoms with Crippen LogP contribution in [0, 0.1) is 5.92 Å². The molecule has 1 aromatic heterocycles. The smallest absolute Gasteiger partial charge is 0.341 e. The Kier molecular flexibility index (Phi) is 8.35. The molecule has 0 aliphatic rings. The number of ether oxygens (including phenoxy) is 2. The fourth-order valence-electron chi connectivity index (χ4n) is 2.73. The number of rotatable bonds is 9. The van der Waals surface area contributed by atoms with Crippen LogP contribution in [-0.2, 0) is 30.5 Å². The molecule has 0 saturated heterocycles. The third-order valence-corrected chi connectivity index (χ3v) is 6.11. The van der Waals surface area contributed by atoms with Gasteiger partial charge < -0.3 is 14.8 Å². The van der Waals surface area contributed by atoms with Crippen molar-refractivity contribution in [1.82, 2.24) is 0 Å². The van der Waals surface area contributed by atoms with Gasteiger partial charge in [-0.25, -0.2) is 18.0 Å². The van der Waals surface area contributed by atoms with Crippen LogP contribution in [0.4, 0.5) is 5.00 Å². The molecule has 10 heteroatoms. The van der Waals surface area contributed by atoms with Crippen LogP contribution in [0.1, 0.15) is 47.1 Å². The third-order valence-electron chi connectivity index (χ3n) is 4.06. The van der Waals surface area contributed by atoms with Crippen LogP contribution in [0.2, 0.25) is 0 Å². The highest BCUT2D eigenvalue weighted by atomic mass is 32.2. The van der Waals surface area contributed by atoms with Crippen LogP contribution >= 0.6 is 11.3 Å². The highest BCUT2D eigenvalue weighted by Gasteiger charge is 2.23. The van der Waals surface area contributed by atoms with Gasteiger partial charge in [-0.1, -0.05) is 19.9 Å². The predicted molar refractivity (Wildman–Crippen MR) is 117 cm³/mol. The summed E-state index contributed by atoms with van der Waals surface area (Å²) in [5, 5.41) is 4.72. The molecule has 1 heterocycles. The molecule has 1 N–H and O–H groups in total. The van der Waals surface area contributed by atoms with Gasteiger partial charge in [0.05, 0.1) is 22.6 Å². The third kappa shape index (κ3) is 6.90. The molecule has 168 valence electrons. The van der Waals surface area contributed by atoms with Gasteiger partial charge in [0.1, 0.15) is 5.00 Å². The highest BCUT2D eigenvalue weighted by molar-refractivity contribution is 7.90. The molecule has 0 aliphatic heterocycles. The van der Waals surface area contributed by atoms with E-state index in [0.29, 0.717) is 22.9 Å². The lowest BCUT2D eigenvalue weighted by atomic mass is 10.0. The maximum absolute atomic E-state index is 12.4. The van der Waals surface area contributed by atoms with Crippen molar-refractivity contribution in [3.8, 4) is 0 Å². The van der Waals surface area contributed by atoms with Gasteiger partial charge in [-0.05, 0) is 48.4 Å². The van der Waals surface area contributed by atoms with Crippen LogP contribution in [-0.4, -0.2) is 45.7 Å². The van der Waals surface area contributed by atoms with E-state index in [9.17, 15) is 22.8 Å². The zero-order valence-electron chi connectivity index (χ0n) is 17.8. The number of benzene rings is 1. The summed E-state index contributed by atoms with van der Waals surface area (Å²) in [6.07, 6.45) is 1.67. The fourth-order valence-corrected chi connectivity index (χ4v) is 4.38. The Morgan fingerprint density at radius 3 is 2.45 bits per heavy atom. The minimum atomic E-state index is -3.48. The molecule has 1 aromatic carbocycles. The molecule has 0 fully saturated rings. The summed E-state index contributed by atoms with van der Waals surface area (Å²) in [6.45, 7) is 5.34. The minimum absolute atomic E-state index is 0.0123. The lowest BCUT2D eigenvalue weighted by Gasteiger charge is -2.10. The summed E-state index contributed by atoms with van der Waals surface area (Å²) in [4.78, 5) is 36.9. The Labute approximate surface area is 185 Å². The van der Waals surface area contributed by atoms with E-state index in [1.54, 1.807) is 12.3 Å². The van der Waals surface area contributed by atoms with Gasteiger partial charge in [-0.3, -0.25) is 4.79 Å². The molecule has 0 unspecified atom stereocenters. The van der Waals surface area contributed by atoms with Gasteiger partial charge >= 0.3 is 11.9 Å². The molecule has 0 saturated carbocycles. The number of carbonyl (C=O) groups excluding carboxylic acids is 3. The number of amides is 1. The zero-order valence-corrected chi connectivity index (χ0v) is 19.4. The van der Waals surface area contributed by atoms with Crippen molar-refractivity contribution in [2.75, 3.05) is 24.8 Å². The molecule has 0 atom stereocenters. The second-order valence-corrected chi connectivity index (χ2v) is 10.1. The van der Waals surface area contributed by atoms with E-state index < -0.39 is 34.3 Å². The molecule has 31 heavy (non-hydrogen) atoms. The number of hydrogen-bond donors (Lipinski definition) is 1. The van der Waals surface area contributed by atoms with Gasteiger partial charge in [-0.2, -0.15) is 0 Å². The predicted octanol–water partition coefficient (Wildman–Crippen LogP) is 3.32. The molecule has 2 aromatic rings. The minimum Gasteiger partial charge on any atom is -0.462 e. The standard InChI is InChI=1S/C21H25NO7S2/c1-5-28-21(25)18-15(9-13(2)3)12-30-19(18)22-17(23)11-29-20(24)14-7-6-8-16(10-14)31(4,26)27/h6-8,10,12-13H,5,9,11H2,1-4H3,(H,22,23). The van der Waals surface area contributed by atoms with Crippen molar-refractivity contribution < 1.29 is 32.3 Å². The van der Waals surface area contributed by atoms with Crippen molar-refractivity contribution in [2.45, 2.75) is 32.1 Å². The average Bonchev–Trinajstić information content (AvgIpc) is 3.07. The van der Waals surface area contributed by atoms with E-state index in [4.69, 9.17) is 9.47 Å². The summed E-state index contributed by atoms with van der Waals surface area (Å²) < 4.78 is 33.4. The summed E-state index contributed by atoms with van der Waals surface area (Å²) in [5.41, 5.74) is 1.10. The summed E-state index contributed by atoms with van der Waals surface area (Å²) in [7, 11) is -3.48. The maximum atomic E-state index is 12.4. The van der Waals surface area contributed by atoms with Crippen LogP contribution in [0.25, 0.3) is 0 Å². The lowest BCUT2D eigenvalue weighted by molar-refractivity contribution is -0.119. The quantitative estimate of drug-likeness (QED) is 0.562. The van der Waals surface area contributed by atoms with Crippen molar-refractivity contribution in [1.29, 1.82) is 0 Å². The largest absolute Gasteiger partial charge is 0.462 e. The molecule has 0 bridgehead atoms. The second-order valence-electron chi connectivity index (χ2n) is 7.21. The van der Waals surface area contributed by atoms with E-state index >= 15 is 0 Å². The number of anilines is 1. The van der Waals surface area contributed by atoms with Crippen molar-refractivity contribution in [2.24, 2.45) is 5.92 Å². The van der Waals surface area contributed by atoms with Gasteiger partial charge in [0, 0.05) is 6.26 Å². The first kappa shape index (κ1) is 24.5. The number of nitrogens with one attached hydrogen (secondary N) is 1. The second kappa shape index (κ2) is 10.5. The van der Waals surface area contributed by atoms with Crippen molar-refractivity contribution in [3.63, 3.8) is 0 Å². The van der Waals surface area contributed by atoms with Crippen LogP contribution in [0.15, 0.2) is 34.5 Å². The topological polar surface area (TPSA) is 116 Å². The van der Waals surface area contributed by atoms with Gasteiger partial charge in [0.15, 0.2) is 16.4 Å². The molecule has 1 amide bonds. The highest BCUT2D eigenvalue weighted by Crippen LogP contribution is 2.31. The summed E-state index contributed by atoms with van der Waals surface area (Å²) in [5.74, 6) is -1.69. The Bertz CT molecular complexity index is 1070. The molecule has 2 rings (SSSR count). The maximum Gasteiger partial charge on any atom is 0.341 e. The van der Waals surface area contributed by atoms with Crippen molar-refractivity contribution >= 4 is 44.0 Å². The van der Waals surface area contributed by atoms with E-state index in [2.05, 4.69) is 5.32 Å². The monoisotopic (exact) mass is 467 g/mol. The summed E-state index contributed by atoms with van der Waals surface area (Å²) >= 11 is 1.20. The Morgan fingerprint density at radius 2 is 1.84 bits per heavy atom.